The normalized spacial score (nSPS) is 10.8. The second kappa shape index (κ2) is 8.14. The average molecular weight is 346 g/mol. The SMILES string of the molecule is C=C(CC(=O)OCc1ccc(C(F)(F)F)cc1)C(=O)OCC(=O)O. The number of alkyl halides is 3. The number of hydrogen-bond donors (Lipinski definition) is 1. The summed E-state index contributed by atoms with van der Waals surface area (Å²) in [5.41, 5.74) is -0.795. The molecule has 130 valence electrons. The summed E-state index contributed by atoms with van der Waals surface area (Å²) in [6.07, 6.45) is -4.98. The van der Waals surface area contributed by atoms with E-state index in [0.29, 0.717) is 5.56 Å². The number of carbonyl (C=O) groups excluding carboxylic acids is 2. The van der Waals surface area contributed by atoms with Gasteiger partial charge in [0, 0.05) is 5.57 Å². The van der Waals surface area contributed by atoms with Crippen LogP contribution in [0.4, 0.5) is 13.2 Å². The van der Waals surface area contributed by atoms with Gasteiger partial charge in [-0.1, -0.05) is 18.7 Å². The van der Waals surface area contributed by atoms with Gasteiger partial charge in [-0.3, -0.25) is 4.79 Å². The molecule has 0 aliphatic rings. The minimum Gasteiger partial charge on any atom is -0.479 e. The van der Waals surface area contributed by atoms with Crippen molar-refractivity contribution in [1.29, 1.82) is 0 Å². The molecule has 0 bridgehead atoms. The highest BCUT2D eigenvalue weighted by Gasteiger charge is 2.29. The molecule has 24 heavy (non-hydrogen) atoms. The number of rotatable bonds is 7. The molecule has 0 unspecified atom stereocenters. The molecular weight excluding hydrogens is 333 g/mol. The Morgan fingerprint density at radius 3 is 2.17 bits per heavy atom. The maximum absolute atomic E-state index is 12.4. The molecular formula is C15H13F3O6. The molecule has 1 aromatic carbocycles. The quantitative estimate of drug-likeness (QED) is 0.602. The monoisotopic (exact) mass is 346 g/mol. The van der Waals surface area contributed by atoms with Crippen molar-refractivity contribution in [2.75, 3.05) is 6.61 Å². The Morgan fingerprint density at radius 2 is 1.67 bits per heavy atom. The summed E-state index contributed by atoms with van der Waals surface area (Å²) >= 11 is 0. The van der Waals surface area contributed by atoms with E-state index in [1.54, 1.807) is 0 Å². The first-order chi connectivity index (χ1) is 11.1. The molecule has 0 aliphatic carbocycles. The Morgan fingerprint density at radius 1 is 1.08 bits per heavy atom. The molecule has 0 saturated heterocycles. The lowest BCUT2D eigenvalue weighted by Gasteiger charge is -2.09. The van der Waals surface area contributed by atoms with E-state index in [1.807, 2.05) is 0 Å². The fourth-order valence-corrected chi connectivity index (χ4v) is 1.48. The number of hydrogen-bond acceptors (Lipinski definition) is 5. The molecule has 0 amide bonds. The van der Waals surface area contributed by atoms with Crippen molar-refractivity contribution in [3.05, 3.63) is 47.5 Å². The van der Waals surface area contributed by atoms with Crippen molar-refractivity contribution < 1.29 is 42.1 Å². The number of aliphatic carboxylic acids is 1. The van der Waals surface area contributed by atoms with Crippen molar-refractivity contribution in [1.82, 2.24) is 0 Å². The molecule has 1 rings (SSSR count). The van der Waals surface area contributed by atoms with Crippen molar-refractivity contribution in [3.8, 4) is 0 Å². The first kappa shape index (κ1) is 19.2. The third kappa shape index (κ3) is 6.51. The maximum Gasteiger partial charge on any atom is 0.416 e. The highest BCUT2D eigenvalue weighted by Crippen LogP contribution is 2.29. The van der Waals surface area contributed by atoms with Gasteiger partial charge in [0.1, 0.15) is 6.61 Å². The molecule has 1 aromatic rings. The zero-order valence-corrected chi connectivity index (χ0v) is 12.3. The van der Waals surface area contributed by atoms with Crippen molar-refractivity contribution in [2.24, 2.45) is 0 Å². The van der Waals surface area contributed by atoms with Gasteiger partial charge in [-0.25, -0.2) is 9.59 Å². The minimum absolute atomic E-state index is 0.283. The summed E-state index contributed by atoms with van der Waals surface area (Å²) in [7, 11) is 0. The first-order valence-corrected chi connectivity index (χ1v) is 6.48. The van der Waals surface area contributed by atoms with Crippen LogP contribution in [0.15, 0.2) is 36.4 Å². The summed E-state index contributed by atoms with van der Waals surface area (Å²) in [6, 6.07) is 4.02. The van der Waals surface area contributed by atoms with E-state index in [0.717, 1.165) is 24.3 Å². The largest absolute Gasteiger partial charge is 0.479 e. The Hall–Kier alpha value is -2.84. The molecule has 0 saturated carbocycles. The van der Waals surface area contributed by atoms with E-state index in [1.165, 1.54) is 0 Å². The summed E-state index contributed by atoms with van der Waals surface area (Å²) in [6.45, 7) is 2.13. The number of ether oxygens (including phenoxy) is 2. The molecule has 6 nitrogen and oxygen atoms in total. The van der Waals surface area contributed by atoms with Crippen LogP contribution < -0.4 is 0 Å². The van der Waals surface area contributed by atoms with Crippen LogP contribution in [0.5, 0.6) is 0 Å². The van der Waals surface area contributed by atoms with Crippen molar-refractivity contribution in [3.63, 3.8) is 0 Å². The molecule has 0 spiro atoms. The third-order valence-electron chi connectivity index (χ3n) is 2.65. The molecule has 0 heterocycles. The van der Waals surface area contributed by atoms with E-state index in [-0.39, 0.29) is 12.2 Å². The maximum atomic E-state index is 12.4. The van der Waals surface area contributed by atoms with Gasteiger partial charge in [0.05, 0.1) is 12.0 Å². The predicted octanol–water partition coefficient (Wildman–Crippen LogP) is 2.32. The van der Waals surface area contributed by atoms with E-state index < -0.39 is 42.7 Å². The fourth-order valence-electron chi connectivity index (χ4n) is 1.48. The molecule has 0 radical (unpaired) electrons. The lowest BCUT2D eigenvalue weighted by molar-refractivity contribution is -0.153. The molecule has 1 N–H and O–H groups in total. The molecule has 9 heteroatoms. The van der Waals surface area contributed by atoms with Crippen LogP contribution in [0.2, 0.25) is 0 Å². The first-order valence-electron chi connectivity index (χ1n) is 6.48. The van der Waals surface area contributed by atoms with Crippen LogP contribution in [0, 0.1) is 0 Å². The van der Waals surface area contributed by atoms with E-state index in [9.17, 15) is 27.6 Å². The molecule has 0 aromatic heterocycles. The van der Waals surface area contributed by atoms with E-state index >= 15 is 0 Å². The molecule has 0 fully saturated rings. The second-order valence-corrected chi connectivity index (χ2v) is 4.61. The summed E-state index contributed by atoms with van der Waals surface area (Å²) < 4.78 is 46.3. The number of carboxylic acid groups (broad SMARTS) is 1. The van der Waals surface area contributed by atoms with E-state index in [2.05, 4.69) is 11.3 Å². The number of benzene rings is 1. The van der Waals surface area contributed by atoms with Gasteiger partial charge >= 0.3 is 24.1 Å². The van der Waals surface area contributed by atoms with Gasteiger partial charge in [-0.2, -0.15) is 13.2 Å². The zero-order chi connectivity index (χ0) is 18.3. The number of carboxylic acids is 1. The number of esters is 2. The number of halogens is 3. The highest BCUT2D eigenvalue weighted by atomic mass is 19.4. The summed E-state index contributed by atoms with van der Waals surface area (Å²) in [5, 5.41) is 8.34. The summed E-state index contributed by atoms with van der Waals surface area (Å²) in [5.74, 6) is -3.27. The van der Waals surface area contributed by atoms with Gasteiger partial charge in [0.2, 0.25) is 0 Å². The Kier molecular flexibility index (Phi) is 6.51. The minimum atomic E-state index is -4.46. The topological polar surface area (TPSA) is 89.9 Å². The average Bonchev–Trinajstić information content (AvgIpc) is 2.50. The van der Waals surface area contributed by atoms with Crippen LogP contribution in [0.1, 0.15) is 17.5 Å². The predicted molar refractivity (Wildman–Crippen MR) is 73.6 cm³/mol. The Labute approximate surface area is 134 Å². The number of carbonyl (C=O) groups is 3. The van der Waals surface area contributed by atoms with Gasteiger partial charge in [-0.15, -0.1) is 0 Å². The van der Waals surface area contributed by atoms with Crippen molar-refractivity contribution >= 4 is 17.9 Å². The smallest absolute Gasteiger partial charge is 0.416 e. The Bertz CT molecular complexity index is 634. The standard InChI is InChI=1S/C15H13F3O6/c1-9(14(22)24-8-12(19)20)6-13(21)23-7-10-2-4-11(5-3-10)15(16,17)18/h2-5H,1,6-8H2,(H,19,20). The lowest BCUT2D eigenvalue weighted by Crippen LogP contribution is -2.16. The molecule has 0 atom stereocenters. The van der Waals surface area contributed by atoms with Crippen LogP contribution in [-0.2, 0) is 36.6 Å². The Balaban J connectivity index is 2.44. The lowest BCUT2D eigenvalue weighted by atomic mass is 10.1. The van der Waals surface area contributed by atoms with Gasteiger partial charge in [-0.05, 0) is 17.7 Å². The van der Waals surface area contributed by atoms with Crippen molar-refractivity contribution in [2.45, 2.75) is 19.2 Å². The van der Waals surface area contributed by atoms with Crippen LogP contribution in [0.3, 0.4) is 0 Å². The van der Waals surface area contributed by atoms with Gasteiger partial charge in [0.25, 0.3) is 0 Å². The summed E-state index contributed by atoms with van der Waals surface area (Å²) in [4.78, 5) is 33.0. The van der Waals surface area contributed by atoms with Crippen LogP contribution >= 0.6 is 0 Å². The van der Waals surface area contributed by atoms with Crippen LogP contribution in [-0.4, -0.2) is 29.6 Å². The highest BCUT2D eigenvalue weighted by molar-refractivity contribution is 5.94. The van der Waals surface area contributed by atoms with E-state index in [4.69, 9.17) is 9.84 Å². The third-order valence-corrected chi connectivity index (χ3v) is 2.65. The van der Waals surface area contributed by atoms with Crippen LogP contribution in [0.25, 0.3) is 0 Å². The molecule has 0 aliphatic heterocycles. The fraction of sp³-hybridized carbons (Fsp3) is 0.267. The zero-order valence-electron chi connectivity index (χ0n) is 12.3. The van der Waals surface area contributed by atoms with Gasteiger partial charge < -0.3 is 14.6 Å². The second-order valence-electron chi connectivity index (χ2n) is 4.61. The van der Waals surface area contributed by atoms with Gasteiger partial charge in [0.15, 0.2) is 6.61 Å².